The van der Waals surface area contributed by atoms with Crippen molar-refractivity contribution in [3.63, 3.8) is 0 Å². The van der Waals surface area contributed by atoms with E-state index < -0.39 is 5.91 Å². The lowest BCUT2D eigenvalue weighted by atomic mass is 10.2. The molecule has 0 aliphatic carbocycles. The minimum Gasteiger partial charge on any atom is -0.502 e. The highest BCUT2D eigenvalue weighted by Gasteiger charge is 2.11. The van der Waals surface area contributed by atoms with Crippen LogP contribution in [-0.4, -0.2) is 37.4 Å². The number of para-hydroxylation sites is 1. The Bertz CT molecular complexity index is 861. The van der Waals surface area contributed by atoms with E-state index in [0.717, 1.165) is 0 Å². The average Bonchev–Trinajstić information content (AvgIpc) is 2.69. The van der Waals surface area contributed by atoms with Crippen LogP contribution in [0.25, 0.3) is 0 Å². The van der Waals surface area contributed by atoms with Gasteiger partial charge < -0.3 is 19.9 Å². The maximum atomic E-state index is 11.9. The minimum atomic E-state index is -0.428. The van der Waals surface area contributed by atoms with E-state index >= 15 is 0 Å². The fourth-order valence-electron chi connectivity index (χ4n) is 2.23. The molecule has 0 bridgehead atoms. The molecule has 0 atom stereocenters. The predicted molar refractivity (Wildman–Crippen MR) is 106 cm³/mol. The number of aromatic hydroxyl groups is 1. The second-order valence-corrected chi connectivity index (χ2v) is 6.00. The Hall–Kier alpha value is -3.26. The molecular weight excluding hydrogens is 386 g/mol. The first-order valence-corrected chi connectivity index (χ1v) is 8.63. The van der Waals surface area contributed by atoms with Crippen molar-refractivity contribution in [2.24, 2.45) is 5.10 Å². The van der Waals surface area contributed by atoms with Crippen LogP contribution in [0.1, 0.15) is 18.4 Å². The second-order valence-electron chi connectivity index (χ2n) is 5.60. The number of ether oxygens (including phenoxy) is 2. The summed E-state index contributed by atoms with van der Waals surface area (Å²) in [5.41, 5.74) is 3.37. The van der Waals surface area contributed by atoms with Crippen LogP contribution in [0, 0.1) is 0 Å². The quantitative estimate of drug-likeness (QED) is 0.462. The van der Waals surface area contributed by atoms with Gasteiger partial charge in [-0.1, -0.05) is 23.7 Å². The summed E-state index contributed by atoms with van der Waals surface area (Å²) in [5.74, 6) is -0.467. The predicted octanol–water partition coefficient (Wildman–Crippen LogP) is 2.93. The number of rotatable bonds is 8. The molecule has 0 spiro atoms. The van der Waals surface area contributed by atoms with Crippen LogP contribution >= 0.6 is 11.6 Å². The zero-order valence-corrected chi connectivity index (χ0v) is 16.1. The van der Waals surface area contributed by atoms with Crippen molar-refractivity contribution in [1.82, 2.24) is 5.43 Å². The molecule has 0 aliphatic heterocycles. The van der Waals surface area contributed by atoms with Crippen LogP contribution in [0.4, 0.5) is 5.69 Å². The summed E-state index contributed by atoms with van der Waals surface area (Å²) in [5, 5.41) is 16.7. The van der Waals surface area contributed by atoms with Crippen molar-refractivity contribution >= 4 is 35.3 Å². The largest absolute Gasteiger partial charge is 0.502 e. The number of phenols is 1. The normalized spacial score (nSPS) is 10.5. The number of carbonyl (C=O) groups excluding carboxylic acids is 2. The number of anilines is 1. The molecule has 2 aromatic rings. The van der Waals surface area contributed by atoms with E-state index in [9.17, 15) is 14.7 Å². The molecule has 0 unspecified atom stereocenters. The number of nitrogens with zero attached hydrogens (tertiary/aromatic N) is 1. The van der Waals surface area contributed by atoms with Crippen molar-refractivity contribution < 1.29 is 24.2 Å². The third kappa shape index (κ3) is 5.88. The molecule has 2 amide bonds. The number of hydrazone groups is 1. The molecule has 3 N–H and O–H groups in total. The summed E-state index contributed by atoms with van der Waals surface area (Å²) in [6.45, 7) is 0. The number of amides is 2. The van der Waals surface area contributed by atoms with Crippen molar-refractivity contribution in [2.75, 3.05) is 19.5 Å². The fourth-order valence-corrected chi connectivity index (χ4v) is 2.41. The molecule has 9 heteroatoms. The summed E-state index contributed by atoms with van der Waals surface area (Å²) < 4.78 is 10.1. The second kappa shape index (κ2) is 10.2. The number of halogens is 1. The lowest BCUT2D eigenvalue weighted by Crippen LogP contribution is -2.20. The average molecular weight is 406 g/mol. The minimum absolute atomic E-state index is 0.0204. The van der Waals surface area contributed by atoms with E-state index in [1.54, 1.807) is 24.3 Å². The van der Waals surface area contributed by atoms with Crippen molar-refractivity contribution in [3.8, 4) is 17.2 Å². The first-order chi connectivity index (χ1) is 13.4. The van der Waals surface area contributed by atoms with Gasteiger partial charge in [-0.2, -0.15) is 5.10 Å². The SMILES string of the molecule is COc1cc(/C=N/NC(=O)CCC(=O)Nc2ccccc2Cl)cc(OC)c1O. The van der Waals surface area contributed by atoms with Gasteiger partial charge in [0.05, 0.1) is 31.1 Å². The third-order valence-corrected chi connectivity index (χ3v) is 3.96. The van der Waals surface area contributed by atoms with Gasteiger partial charge in [0.25, 0.3) is 0 Å². The Balaban J connectivity index is 1.85. The molecular formula is C19H20ClN3O5. The van der Waals surface area contributed by atoms with Gasteiger partial charge in [-0.15, -0.1) is 0 Å². The van der Waals surface area contributed by atoms with Crippen LogP contribution in [-0.2, 0) is 9.59 Å². The first kappa shape index (κ1) is 21.0. The number of nitrogens with one attached hydrogen (secondary N) is 2. The number of benzene rings is 2. The lowest BCUT2D eigenvalue weighted by Gasteiger charge is -2.09. The van der Waals surface area contributed by atoms with Crippen molar-refractivity contribution in [3.05, 3.63) is 47.0 Å². The molecule has 2 rings (SSSR count). The van der Waals surface area contributed by atoms with Gasteiger partial charge in [-0.3, -0.25) is 9.59 Å². The number of hydrogen-bond donors (Lipinski definition) is 3. The monoisotopic (exact) mass is 405 g/mol. The van der Waals surface area contributed by atoms with E-state index in [4.69, 9.17) is 21.1 Å². The summed E-state index contributed by atoms with van der Waals surface area (Å²) in [7, 11) is 2.82. The third-order valence-electron chi connectivity index (χ3n) is 3.63. The molecule has 8 nitrogen and oxygen atoms in total. The highest BCUT2D eigenvalue weighted by Crippen LogP contribution is 2.36. The van der Waals surface area contributed by atoms with Gasteiger partial charge in [-0.25, -0.2) is 5.43 Å². The van der Waals surface area contributed by atoms with Gasteiger partial charge in [0, 0.05) is 18.4 Å². The van der Waals surface area contributed by atoms with Crippen LogP contribution in [0.3, 0.4) is 0 Å². The summed E-state index contributed by atoms with van der Waals surface area (Å²) in [4.78, 5) is 23.7. The molecule has 148 valence electrons. The van der Waals surface area contributed by atoms with E-state index in [1.165, 1.54) is 32.6 Å². The Morgan fingerprint density at radius 2 is 1.71 bits per heavy atom. The van der Waals surface area contributed by atoms with Crippen molar-refractivity contribution in [1.29, 1.82) is 0 Å². The zero-order valence-electron chi connectivity index (χ0n) is 15.4. The Kier molecular flexibility index (Phi) is 7.65. The molecule has 0 saturated carbocycles. The lowest BCUT2D eigenvalue weighted by molar-refractivity contribution is -0.124. The van der Waals surface area contributed by atoms with Crippen LogP contribution < -0.4 is 20.2 Å². The Labute approximate surface area is 167 Å². The Morgan fingerprint density at radius 1 is 1.11 bits per heavy atom. The maximum absolute atomic E-state index is 11.9. The van der Waals surface area contributed by atoms with E-state index in [1.807, 2.05) is 0 Å². The molecule has 0 heterocycles. The van der Waals surface area contributed by atoms with Crippen LogP contribution in [0.2, 0.25) is 5.02 Å². The van der Waals surface area contributed by atoms with Gasteiger partial charge in [0.2, 0.25) is 17.6 Å². The van der Waals surface area contributed by atoms with Crippen LogP contribution in [0.15, 0.2) is 41.5 Å². The number of phenolic OH excluding ortho intramolecular Hbond substituents is 1. The number of carbonyl (C=O) groups is 2. The maximum Gasteiger partial charge on any atom is 0.240 e. The van der Waals surface area contributed by atoms with Gasteiger partial charge in [0.15, 0.2) is 11.5 Å². The number of methoxy groups -OCH3 is 2. The summed E-state index contributed by atoms with van der Waals surface area (Å²) in [6.07, 6.45) is 1.30. The summed E-state index contributed by atoms with van der Waals surface area (Å²) in [6, 6.07) is 9.89. The smallest absolute Gasteiger partial charge is 0.240 e. The van der Waals surface area contributed by atoms with E-state index in [0.29, 0.717) is 16.3 Å². The molecule has 0 aromatic heterocycles. The standard InChI is InChI=1S/C19H20ClN3O5/c1-27-15-9-12(10-16(28-2)19(15)26)11-21-23-18(25)8-7-17(24)22-14-6-4-3-5-13(14)20/h3-6,9-11,26H,7-8H2,1-2H3,(H,22,24)(H,23,25)/b21-11+. The first-order valence-electron chi connectivity index (χ1n) is 8.26. The molecule has 0 saturated heterocycles. The zero-order chi connectivity index (χ0) is 20.5. The highest BCUT2D eigenvalue weighted by molar-refractivity contribution is 6.33. The fraction of sp³-hybridized carbons (Fsp3) is 0.211. The topological polar surface area (TPSA) is 109 Å². The van der Waals surface area contributed by atoms with Gasteiger partial charge in [-0.05, 0) is 24.3 Å². The Morgan fingerprint density at radius 3 is 2.32 bits per heavy atom. The molecule has 0 fully saturated rings. The van der Waals surface area contributed by atoms with Crippen LogP contribution in [0.5, 0.6) is 17.2 Å². The number of hydrogen-bond acceptors (Lipinski definition) is 6. The summed E-state index contributed by atoms with van der Waals surface area (Å²) >= 11 is 5.96. The highest BCUT2D eigenvalue weighted by atomic mass is 35.5. The van der Waals surface area contributed by atoms with Gasteiger partial charge >= 0.3 is 0 Å². The molecule has 28 heavy (non-hydrogen) atoms. The molecule has 2 aromatic carbocycles. The van der Waals surface area contributed by atoms with E-state index in [-0.39, 0.29) is 36.0 Å². The molecule has 0 aliphatic rings. The molecule has 0 radical (unpaired) electrons. The van der Waals surface area contributed by atoms with Gasteiger partial charge in [0.1, 0.15) is 0 Å². The van der Waals surface area contributed by atoms with Crippen molar-refractivity contribution in [2.45, 2.75) is 12.8 Å². The van der Waals surface area contributed by atoms with E-state index in [2.05, 4.69) is 15.8 Å².